The molecule has 9 heteroatoms. The monoisotopic (exact) mass is 459 g/mol. The number of nitrogens with one attached hydrogen (secondary N) is 4. The highest BCUT2D eigenvalue weighted by Crippen LogP contribution is 2.46. The van der Waals surface area contributed by atoms with Crippen molar-refractivity contribution in [3.05, 3.63) is 59.3 Å². The maximum Gasteiger partial charge on any atom is 0.251 e. The second-order valence-electron chi connectivity index (χ2n) is 9.26. The highest BCUT2D eigenvalue weighted by Gasteiger charge is 2.31. The van der Waals surface area contributed by atoms with Gasteiger partial charge in [0, 0.05) is 29.8 Å². The molecule has 2 aliphatic carbocycles. The number of guanidine groups is 1. The Morgan fingerprint density at radius 1 is 1.15 bits per heavy atom. The molecule has 3 aromatic rings. The van der Waals surface area contributed by atoms with E-state index >= 15 is 0 Å². The molecular formula is C25H29N7O2. The summed E-state index contributed by atoms with van der Waals surface area (Å²) in [6.07, 6.45) is 6.21. The molecule has 34 heavy (non-hydrogen) atoms. The summed E-state index contributed by atoms with van der Waals surface area (Å²) in [5.74, 6) is 1.29. The number of methoxy groups -OCH3 is 1. The van der Waals surface area contributed by atoms with Gasteiger partial charge in [0.25, 0.3) is 5.91 Å². The van der Waals surface area contributed by atoms with Crippen molar-refractivity contribution < 1.29 is 9.53 Å². The zero-order chi connectivity index (χ0) is 23.1. The highest BCUT2D eigenvalue weighted by molar-refractivity contribution is 5.99. The Kier molecular flexibility index (Phi) is 5.43. The Morgan fingerprint density at radius 2 is 1.97 bits per heavy atom. The third-order valence-electron chi connectivity index (χ3n) is 6.60. The molecule has 3 aliphatic rings. The van der Waals surface area contributed by atoms with Gasteiger partial charge in [-0.2, -0.15) is 5.10 Å². The van der Waals surface area contributed by atoms with E-state index in [2.05, 4.69) is 38.4 Å². The van der Waals surface area contributed by atoms with Crippen molar-refractivity contribution in [3.63, 3.8) is 0 Å². The fourth-order valence-electron chi connectivity index (χ4n) is 4.43. The van der Waals surface area contributed by atoms with Gasteiger partial charge >= 0.3 is 0 Å². The molecule has 1 aliphatic heterocycles. The van der Waals surface area contributed by atoms with Crippen LogP contribution in [-0.2, 0) is 4.74 Å². The lowest BCUT2D eigenvalue weighted by molar-refractivity contribution is 0.0951. The standard InChI is InChI=1S/C25H29N7O2/c1-34-13-12-32-25(28-21-11-10-20-19(14-26-30-20)22(21)15-2-3-15)29-23(31-32)16-4-6-17(7-5-16)24(33)27-18-8-9-18/h4-7,10-11,14-15,18,23,31H,2-3,8-9,12-13H2,1H3,(H,26,30)(H,27,33)(H,28,29). The average Bonchev–Trinajstić information content (AvgIpc) is 3.77. The first-order valence-electron chi connectivity index (χ1n) is 11.9. The van der Waals surface area contributed by atoms with Gasteiger partial charge < -0.3 is 15.4 Å². The number of nitrogens with zero attached hydrogens (tertiary/aromatic N) is 3. The minimum absolute atomic E-state index is 0.0109. The molecule has 9 nitrogen and oxygen atoms in total. The van der Waals surface area contributed by atoms with Crippen LogP contribution in [0.25, 0.3) is 10.9 Å². The van der Waals surface area contributed by atoms with Crippen molar-refractivity contribution in [2.45, 2.75) is 43.8 Å². The molecule has 0 radical (unpaired) electrons. The van der Waals surface area contributed by atoms with Crippen LogP contribution in [-0.4, -0.2) is 53.4 Å². The van der Waals surface area contributed by atoms with Crippen LogP contribution >= 0.6 is 0 Å². The number of aromatic nitrogens is 2. The van der Waals surface area contributed by atoms with Crippen LogP contribution < -0.4 is 16.1 Å². The van der Waals surface area contributed by atoms with Crippen LogP contribution in [0, 0.1) is 0 Å². The molecule has 6 rings (SSSR count). The van der Waals surface area contributed by atoms with Gasteiger partial charge in [-0.05, 0) is 67.0 Å². The summed E-state index contributed by atoms with van der Waals surface area (Å²) >= 11 is 0. The number of aliphatic imine (C=N–C) groups is 1. The lowest BCUT2D eigenvalue weighted by atomic mass is 10.0. The quantitative estimate of drug-likeness (QED) is 0.412. The molecule has 2 saturated carbocycles. The topological polar surface area (TPSA) is 107 Å². The fraction of sp³-hybridized carbons (Fsp3) is 0.400. The number of amides is 1. The molecule has 1 unspecified atom stereocenters. The SMILES string of the molecule is COCCN1NC(c2ccc(C(=O)NC3CC3)cc2)N=C1Nc1ccc2[nH]ncc2c1C1CC1. The number of anilines is 1. The number of hydrogen-bond donors (Lipinski definition) is 4. The number of hydrazine groups is 1. The van der Waals surface area contributed by atoms with Crippen LogP contribution in [0.1, 0.15) is 59.3 Å². The second-order valence-corrected chi connectivity index (χ2v) is 9.26. The van der Waals surface area contributed by atoms with Gasteiger partial charge in [0.2, 0.25) is 5.96 Å². The zero-order valence-corrected chi connectivity index (χ0v) is 19.2. The van der Waals surface area contributed by atoms with Crippen LogP contribution in [0.2, 0.25) is 0 Å². The van der Waals surface area contributed by atoms with Crippen molar-refractivity contribution in [1.82, 2.24) is 25.9 Å². The Labute approximate surface area is 197 Å². The third kappa shape index (κ3) is 4.24. The molecule has 0 saturated heterocycles. The summed E-state index contributed by atoms with van der Waals surface area (Å²) in [5.41, 5.74) is 8.56. The Balaban J connectivity index is 1.25. The van der Waals surface area contributed by atoms with Crippen LogP contribution in [0.15, 0.2) is 47.6 Å². The summed E-state index contributed by atoms with van der Waals surface area (Å²) < 4.78 is 5.32. The Hall–Kier alpha value is -3.43. The maximum absolute atomic E-state index is 12.3. The van der Waals surface area contributed by atoms with E-state index < -0.39 is 0 Å². The average molecular weight is 460 g/mol. The van der Waals surface area contributed by atoms with E-state index in [1.54, 1.807) is 7.11 Å². The summed E-state index contributed by atoms with van der Waals surface area (Å²) in [7, 11) is 1.70. The van der Waals surface area contributed by atoms with Gasteiger partial charge in [-0.25, -0.2) is 10.4 Å². The smallest absolute Gasteiger partial charge is 0.251 e. The molecule has 4 N–H and O–H groups in total. The van der Waals surface area contributed by atoms with Crippen molar-refractivity contribution >= 4 is 28.5 Å². The van der Waals surface area contributed by atoms with Gasteiger partial charge in [-0.3, -0.25) is 14.9 Å². The number of carbonyl (C=O) groups excluding carboxylic acids is 1. The molecule has 1 amide bonds. The van der Waals surface area contributed by atoms with Crippen molar-refractivity contribution in [2.24, 2.45) is 4.99 Å². The number of ether oxygens (including phenoxy) is 1. The summed E-state index contributed by atoms with van der Waals surface area (Å²) in [4.78, 5) is 17.3. The predicted octanol–water partition coefficient (Wildman–Crippen LogP) is 3.27. The Morgan fingerprint density at radius 3 is 2.71 bits per heavy atom. The van der Waals surface area contributed by atoms with E-state index in [4.69, 9.17) is 9.73 Å². The molecule has 2 fully saturated rings. The Bertz CT molecular complexity index is 1230. The minimum atomic E-state index is -0.248. The third-order valence-corrected chi connectivity index (χ3v) is 6.60. The summed E-state index contributed by atoms with van der Waals surface area (Å²) in [6.45, 7) is 1.21. The molecular weight excluding hydrogens is 430 g/mol. The van der Waals surface area contributed by atoms with Crippen molar-refractivity contribution in [1.29, 1.82) is 0 Å². The van der Waals surface area contributed by atoms with Gasteiger partial charge in [0.15, 0.2) is 0 Å². The van der Waals surface area contributed by atoms with Gasteiger partial charge in [0.1, 0.15) is 6.17 Å². The van der Waals surface area contributed by atoms with Crippen LogP contribution in [0.4, 0.5) is 5.69 Å². The lowest BCUT2D eigenvalue weighted by Gasteiger charge is -2.23. The molecule has 1 aromatic heterocycles. The second kappa shape index (κ2) is 8.73. The van der Waals surface area contributed by atoms with Crippen molar-refractivity contribution in [3.8, 4) is 0 Å². The number of H-pyrrole nitrogens is 1. The first-order valence-corrected chi connectivity index (χ1v) is 11.9. The first-order chi connectivity index (χ1) is 16.7. The van der Waals surface area contributed by atoms with Crippen LogP contribution in [0.5, 0.6) is 0 Å². The molecule has 2 heterocycles. The fourth-order valence-corrected chi connectivity index (χ4v) is 4.43. The lowest BCUT2D eigenvalue weighted by Crippen LogP contribution is -2.43. The first kappa shape index (κ1) is 21.1. The van der Waals surface area contributed by atoms with E-state index in [1.807, 2.05) is 35.5 Å². The number of fused-ring (bicyclic) bond motifs is 1. The van der Waals surface area contributed by atoms with Crippen LogP contribution in [0.3, 0.4) is 0 Å². The van der Waals surface area contributed by atoms with E-state index in [0.29, 0.717) is 30.7 Å². The summed E-state index contributed by atoms with van der Waals surface area (Å²) in [6, 6.07) is 12.2. The van der Waals surface area contributed by atoms with Gasteiger partial charge in [-0.1, -0.05) is 12.1 Å². The maximum atomic E-state index is 12.3. The number of aromatic amines is 1. The minimum Gasteiger partial charge on any atom is -0.383 e. The zero-order valence-electron chi connectivity index (χ0n) is 19.2. The largest absolute Gasteiger partial charge is 0.383 e. The molecule has 0 spiro atoms. The van der Waals surface area contributed by atoms with Gasteiger partial charge in [-0.15, -0.1) is 0 Å². The number of hydrogen-bond acceptors (Lipinski definition) is 7. The van der Waals surface area contributed by atoms with Crippen molar-refractivity contribution in [2.75, 3.05) is 25.6 Å². The highest BCUT2D eigenvalue weighted by atomic mass is 16.5. The van der Waals surface area contributed by atoms with E-state index in [9.17, 15) is 4.79 Å². The number of benzene rings is 2. The molecule has 2 aromatic carbocycles. The van der Waals surface area contributed by atoms with E-state index in [0.717, 1.165) is 35.6 Å². The van der Waals surface area contributed by atoms with Gasteiger partial charge in [0.05, 0.1) is 24.9 Å². The summed E-state index contributed by atoms with van der Waals surface area (Å²) in [5, 5.41) is 17.1. The predicted molar refractivity (Wildman–Crippen MR) is 131 cm³/mol. The van der Waals surface area contributed by atoms with E-state index in [-0.39, 0.29) is 12.1 Å². The number of rotatable bonds is 8. The normalized spacial score (nSPS) is 20.0. The molecule has 176 valence electrons. The number of carbonyl (C=O) groups is 1. The molecule has 0 bridgehead atoms. The van der Waals surface area contributed by atoms with E-state index in [1.165, 1.54) is 23.8 Å². The molecule has 1 atom stereocenters.